The van der Waals surface area contributed by atoms with Crippen LogP contribution >= 0.6 is 0 Å². The van der Waals surface area contributed by atoms with Gasteiger partial charge in [-0.15, -0.1) is 5.10 Å². The number of cyclic esters (lactones) is 1. The number of nitrogens with one attached hydrogen (secondary N) is 2. The summed E-state index contributed by atoms with van der Waals surface area (Å²) in [5, 5.41) is 46.0. The van der Waals surface area contributed by atoms with Crippen LogP contribution in [-0.4, -0.2) is 177 Å². The summed E-state index contributed by atoms with van der Waals surface area (Å²) in [4.78, 5) is 70.4. The van der Waals surface area contributed by atoms with Gasteiger partial charge >= 0.3 is 24.0 Å². The Morgan fingerprint density at radius 3 is 2.45 bits per heavy atom. The van der Waals surface area contributed by atoms with Gasteiger partial charge in [0.25, 0.3) is 0 Å². The van der Waals surface area contributed by atoms with E-state index in [0.29, 0.717) is 50.2 Å². The second-order valence-corrected chi connectivity index (χ2v) is 19.8. The number of hydrogen-bond donors (Lipinski definition) is 6. The SMILES string of the molecule is CC[C@H]1OC(=O)[C@H](C)C(=O)[C@H](C)[C@@H](O[C@@H]2OC(C)CC(N(C)C)C2O)[C@](C)(OC)C[C@@H](C)CN[C@H](CCN[C@H](CC(=O)O)C(=O)O)[C@H]2N(CCCCn3cc(-c4cccc(N)c4)nn3)C(=O)O[C@]12C. The number of fused-ring (bicyclic) bond motifs is 1. The fourth-order valence-electron chi connectivity index (χ4n) is 10.4. The van der Waals surface area contributed by atoms with Crippen molar-refractivity contribution in [2.45, 2.75) is 166 Å². The zero-order valence-electron chi connectivity index (χ0n) is 41.8. The van der Waals surface area contributed by atoms with Gasteiger partial charge in [0, 0.05) is 49.5 Å². The maximum atomic E-state index is 14.6. The van der Waals surface area contributed by atoms with E-state index in [1.807, 2.05) is 64.2 Å². The lowest BCUT2D eigenvalue weighted by atomic mass is 9.78. The minimum atomic E-state index is -1.50. The first-order valence-corrected chi connectivity index (χ1v) is 24.1. The van der Waals surface area contributed by atoms with Gasteiger partial charge in [0.2, 0.25) is 0 Å². The number of carbonyl (C=O) groups excluding carboxylic acids is 3. The Kier molecular flexibility index (Phi) is 19.1. The highest BCUT2D eigenvalue weighted by Gasteiger charge is 2.59. The van der Waals surface area contributed by atoms with Crippen molar-refractivity contribution in [2.75, 3.05) is 46.6 Å². The number of amides is 1. The first-order chi connectivity index (χ1) is 32.5. The number of benzene rings is 1. The molecule has 0 bridgehead atoms. The molecule has 0 radical (unpaired) electrons. The third kappa shape index (κ3) is 13.4. The Bertz CT molecular complexity index is 2070. The van der Waals surface area contributed by atoms with E-state index in [2.05, 4.69) is 20.9 Å². The number of carbonyl (C=O) groups is 5. The molecule has 3 saturated heterocycles. The molecule has 3 aliphatic heterocycles. The van der Waals surface area contributed by atoms with Crippen LogP contribution in [0.2, 0.25) is 0 Å². The Morgan fingerprint density at radius 1 is 1.10 bits per heavy atom. The van der Waals surface area contributed by atoms with E-state index in [1.54, 1.807) is 36.4 Å². The third-order valence-electron chi connectivity index (χ3n) is 14.2. The fourth-order valence-corrected chi connectivity index (χ4v) is 10.4. The molecule has 1 aromatic carbocycles. The summed E-state index contributed by atoms with van der Waals surface area (Å²) in [5.41, 5.74) is 5.37. The number of hydrogen-bond acceptors (Lipinski definition) is 17. The summed E-state index contributed by atoms with van der Waals surface area (Å²) < 4.78 is 33.4. The number of esters is 1. The first-order valence-electron chi connectivity index (χ1n) is 24.1. The molecule has 3 aliphatic rings. The monoisotopic (exact) mass is 973 g/mol. The molecule has 69 heavy (non-hydrogen) atoms. The highest BCUT2D eigenvalue weighted by atomic mass is 16.7. The van der Waals surface area contributed by atoms with Crippen LogP contribution in [0.4, 0.5) is 10.5 Å². The molecular formula is C48H76N8O13. The minimum Gasteiger partial charge on any atom is -0.481 e. The van der Waals surface area contributed by atoms with Gasteiger partial charge in [0.1, 0.15) is 29.9 Å². The highest BCUT2D eigenvalue weighted by molar-refractivity contribution is 6.00. The number of carboxylic acids is 2. The summed E-state index contributed by atoms with van der Waals surface area (Å²) >= 11 is 0. The van der Waals surface area contributed by atoms with Crippen molar-refractivity contribution >= 4 is 35.5 Å². The topological polar surface area (TPSA) is 279 Å². The molecule has 386 valence electrons. The normalized spacial score (nSPS) is 33.2. The number of anilines is 1. The van der Waals surface area contributed by atoms with Gasteiger partial charge in [-0.25, -0.2) is 4.79 Å². The molecule has 3 unspecified atom stereocenters. The Labute approximate surface area is 405 Å². The molecule has 7 N–H and O–H groups in total. The van der Waals surface area contributed by atoms with Crippen LogP contribution in [0.25, 0.3) is 11.3 Å². The van der Waals surface area contributed by atoms with E-state index < -0.39 is 102 Å². The van der Waals surface area contributed by atoms with E-state index in [9.17, 15) is 39.3 Å². The maximum Gasteiger partial charge on any atom is 0.410 e. The number of likely N-dealkylation sites (N-methyl/N-ethyl adjacent to an activating group) is 1. The Morgan fingerprint density at radius 2 is 1.81 bits per heavy atom. The van der Waals surface area contributed by atoms with Crippen LogP contribution in [0.3, 0.4) is 0 Å². The lowest BCUT2D eigenvalue weighted by molar-refractivity contribution is -0.295. The number of aromatic nitrogens is 3. The average molecular weight is 973 g/mol. The number of ether oxygens (including phenoxy) is 5. The number of unbranched alkanes of at least 4 members (excludes halogenated alkanes) is 1. The van der Waals surface area contributed by atoms with Crippen LogP contribution in [0.5, 0.6) is 0 Å². The standard InChI is InChI=1S/C48H76N8O13/c1-11-37-48(7)41(56(46(64)69-48)20-13-12-19-55-26-35(52-53-55)31-15-14-16-32(49)22-31)33(17-18-50-34(43(61)62)23-38(57)58)51-25-27(2)24-47(6,65-10)42(29(4)39(59)30(5)44(63)67-37)68-45-40(60)36(54(8)9)21-28(3)66-45/h14-16,22,26-30,33-34,36-37,40-42,45,50-51,60H,11-13,17-21,23-25,49H2,1-10H3,(H,57,58)(H,61,62)/t27-,28?,29+,30-,33-,34-,36?,37-,40?,41-,42-,45+,47-,48-/m1/s1. The van der Waals surface area contributed by atoms with E-state index in [-0.39, 0.29) is 44.0 Å². The lowest BCUT2D eigenvalue weighted by Gasteiger charge is -2.46. The first kappa shape index (κ1) is 55.2. The number of aliphatic hydroxyl groups is 1. The largest absolute Gasteiger partial charge is 0.481 e. The molecular weight excluding hydrogens is 897 g/mol. The van der Waals surface area contributed by atoms with Gasteiger partial charge < -0.3 is 60.3 Å². The number of nitrogen functional groups attached to an aromatic ring is 1. The van der Waals surface area contributed by atoms with E-state index >= 15 is 0 Å². The summed E-state index contributed by atoms with van der Waals surface area (Å²) in [6.45, 7) is 13.4. The Balaban J connectivity index is 1.49. The second-order valence-electron chi connectivity index (χ2n) is 19.8. The predicted octanol–water partition coefficient (Wildman–Crippen LogP) is 3.17. The second kappa shape index (κ2) is 23.9. The van der Waals surface area contributed by atoms with Gasteiger partial charge in [0.05, 0.1) is 36.5 Å². The van der Waals surface area contributed by atoms with Crippen LogP contribution in [0.1, 0.15) is 93.4 Å². The van der Waals surface area contributed by atoms with Gasteiger partial charge in [-0.2, -0.15) is 0 Å². The van der Waals surface area contributed by atoms with Crippen LogP contribution in [0.15, 0.2) is 30.5 Å². The molecule has 14 atom stereocenters. The van der Waals surface area contributed by atoms with Crippen molar-refractivity contribution in [3.05, 3.63) is 30.5 Å². The quantitative estimate of drug-likeness (QED) is 0.0542. The number of nitrogens with zero attached hydrogens (tertiary/aromatic N) is 5. The maximum absolute atomic E-state index is 14.6. The number of nitrogens with two attached hydrogens (primary N) is 1. The number of rotatable bonds is 18. The van der Waals surface area contributed by atoms with Crippen molar-refractivity contribution in [1.82, 2.24) is 35.4 Å². The van der Waals surface area contributed by atoms with Crippen LogP contribution in [-0.2, 0) is 49.4 Å². The molecule has 0 aliphatic carbocycles. The molecule has 1 amide bonds. The number of methoxy groups -OCH3 is 1. The lowest BCUT2D eigenvalue weighted by Crippen LogP contribution is -2.62. The van der Waals surface area contributed by atoms with Gasteiger partial charge in [-0.1, -0.05) is 38.1 Å². The molecule has 1 aromatic heterocycles. The molecule has 4 heterocycles. The summed E-state index contributed by atoms with van der Waals surface area (Å²) in [5.74, 6) is -6.42. The molecule has 0 spiro atoms. The van der Waals surface area contributed by atoms with Crippen LogP contribution in [0, 0.1) is 17.8 Å². The zero-order chi connectivity index (χ0) is 51.0. The summed E-state index contributed by atoms with van der Waals surface area (Å²) in [6, 6.07) is 4.16. The van der Waals surface area contributed by atoms with E-state index in [1.165, 1.54) is 14.0 Å². The number of aliphatic hydroxyl groups excluding tert-OH is 1. The third-order valence-corrected chi connectivity index (χ3v) is 14.2. The number of ketones is 1. The van der Waals surface area contributed by atoms with Crippen molar-refractivity contribution < 1.29 is 63.0 Å². The van der Waals surface area contributed by atoms with Crippen molar-refractivity contribution in [2.24, 2.45) is 17.8 Å². The smallest absolute Gasteiger partial charge is 0.410 e. The minimum absolute atomic E-state index is 0.0218. The number of aliphatic carboxylic acids is 2. The Hall–Kier alpha value is -4.77. The van der Waals surface area contributed by atoms with Gasteiger partial charge in [0.15, 0.2) is 17.7 Å². The number of carboxylic acid groups (broad SMARTS) is 2. The molecule has 21 heteroatoms. The highest BCUT2D eigenvalue weighted by Crippen LogP contribution is 2.41. The molecule has 5 rings (SSSR count). The number of aryl methyl sites for hydroxylation is 1. The van der Waals surface area contributed by atoms with Crippen LogP contribution < -0.4 is 16.4 Å². The summed E-state index contributed by atoms with van der Waals surface area (Å²) in [6.07, 6.45) is -1.75. The summed E-state index contributed by atoms with van der Waals surface area (Å²) in [7, 11) is 5.25. The molecule has 3 fully saturated rings. The number of Topliss-reactive ketones (excluding diaryl/α,β-unsaturated/α-hetero) is 1. The molecule has 21 nitrogen and oxygen atoms in total. The van der Waals surface area contributed by atoms with Crippen molar-refractivity contribution in [1.29, 1.82) is 0 Å². The van der Waals surface area contributed by atoms with Crippen molar-refractivity contribution in [3.63, 3.8) is 0 Å². The van der Waals surface area contributed by atoms with E-state index in [4.69, 9.17) is 29.4 Å². The zero-order valence-corrected chi connectivity index (χ0v) is 41.8. The van der Waals surface area contributed by atoms with Gasteiger partial charge in [-0.3, -0.25) is 28.8 Å². The average Bonchev–Trinajstić information content (AvgIpc) is 3.87. The van der Waals surface area contributed by atoms with Crippen molar-refractivity contribution in [3.8, 4) is 11.3 Å². The van der Waals surface area contributed by atoms with E-state index in [0.717, 1.165) is 5.56 Å². The van der Waals surface area contributed by atoms with Gasteiger partial charge in [-0.05, 0) is 111 Å². The molecule has 2 aromatic rings. The fraction of sp³-hybridized carbons (Fsp3) is 0.729. The molecule has 0 saturated carbocycles. The predicted molar refractivity (Wildman–Crippen MR) is 253 cm³/mol.